The minimum absolute atomic E-state index is 0.197. The number of nitrogens with zero attached hydrogens (tertiary/aromatic N) is 2. The topological polar surface area (TPSA) is 138 Å². The van der Waals surface area contributed by atoms with E-state index in [-0.39, 0.29) is 23.0 Å². The van der Waals surface area contributed by atoms with Gasteiger partial charge in [0, 0.05) is 23.3 Å². The molecule has 0 radical (unpaired) electrons. The number of fused-ring (bicyclic) bond motifs is 1. The fourth-order valence-corrected chi connectivity index (χ4v) is 2.63. The molecule has 0 aliphatic carbocycles. The van der Waals surface area contributed by atoms with Crippen molar-refractivity contribution in [3.63, 3.8) is 0 Å². The van der Waals surface area contributed by atoms with Crippen molar-refractivity contribution in [3.8, 4) is 11.5 Å². The maximum Gasteiger partial charge on any atom is 0.336 e. The number of aromatic amines is 1. The highest BCUT2D eigenvalue weighted by atomic mass is 32.2. The molecule has 0 atom stereocenters. The molecule has 1 aromatic carbocycles. The number of phenolic OH excluding ortho intramolecular Hbond substituents is 2. The molecular weight excluding hydrogens is 296 g/mol. The molecule has 21 heavy (non-hydrogen) atoms. The van der Waals surface area contributed by atoms with Gasteiger partial charge in [0.05, 0.1) is 0 Å². The Bertz CT molecular complexity index is 873. The lowest BCUT2D eigenvalue weighted by atomic mass is 10.1. The molecule has 108 valence electrons. The standard InChI is InChI=1S/C12H10N4O4S/c13-11-14-12(16-15-11)21-4-5-1-10(19)20-9-3-8(18)7(17)2-6(5)9/h1-3,17-18H,4H2,(H3,13,14,15,16). The Kier molecular flexibility index (Phi) is 3.18. The van der Waals surface area contributed by atoms with E-state index >= 15 is 0 Å². The van der Waals surface area contributed by atoms with Crippen molar-refractivity contribution in [3.05, 3.63) is 34.2 Å². The largest absolute Gasteiger partial charge is 0.504 e. The predicted molar refractivity (Wildman–Crippen MR) is 76.2 cm³/mol. The second kappa shape index (κ2) is 5.02. The number of hydrogen-bond acceptors (Lipinski definition) is 8. The average molecular weight is 306 g/mol. The maximum atomic E-state index is 11.5. The van der Waals surface area contributed by atoms with Gasteiger partial charge in [-0.05, 0) is 11.6 Å². The lowest BCUT2D eigenvalue weighted by Gasteiger charge is -2.05. The number of aromatic nitrogens is 3. The first-order chi connectivity index (χ1) is 10.0. The molecule has 9 heteroatoms. The van der Waals surface area contributed by atoms with Crippen molar-refractivity contribution in [2.75, 3.05) is 5.73 Å². The third kappa shape index (κ3) is 2.63. The molecule has 0 aliphatic heterocycles. The molecule has 8 nitrogen and oxygen atoms in total. The number of benzene rings is 1. The highest BCUT2D eigenvalue weighted by Gasteiger charge is 2.11. The summed E-state index contributed by atoms with van der Waals surface area (Å²) < 4.78 is 5.00. The number of hydrogen-bond donors (Lipinski definition) is 4. The Hall–Kier alpha value is -2.68. The Morgan fingerprint density at radius 3 is 2.76 bits per heavy atom. The van der Waals surface area contributed by atoms with E-state index in [1.807, 2.05) is 0 Å². The maximum absolute atomic E-state index is 11.5. The van der Waals surface area contributed by atoms with Crippen LogP contribution in [0.1, 0.15) is 5.56 Å². The lowest BCUT2D eigenvalue weighted by molar-refractivity contribution is 0.403. The van der Waals surface area contributed by atoms with Crippen molar-refractivity contribution in [2.24, 2.45) is 0 Å². The van der Waals surface area contributed by atoms with Crippen LogP contribution in [-0.4, -0.2) is 25.4 Å². The third-order valence-corrected chi connectivity index (χ3v) is 3.66. The van der Waals surface area contributed by atoms with Gasteiger partial charge >= 0.3 is 5.63 Å². The van der Waals surface area contributed by atoms with Crippen LogP contribution in [0.2, 0.25) is 0 Å². The van der Waals surface area contributed by atoms with Gasteiger partial charge in [-0.15, -0.1) is 5.10 Å². The van der Waals surface area contributed by atoms with Crippen LogP contribution in [0.25, 0.3) is 11.0 Å². The van der Waals surface area contributed by atoms with Crippen molar-refractivity contribution in [2.45, 2.75) is 10.9 Å². The molecule has 0 saturated carbocycles. The number of nitrogen functional groups attached to an aromatic ring is 1. The quantitative estimate of drug-likeness (QED) is 0.321. The number of aromatic hydroxyl groups is 2. The van der Waals surface area contributed by atoms with Crippen LogP contribution in [0.4, 0.5) is 5.95 Å². The summed E-state index contributed by atoms with van der Waals surface area (Å²) in [5.41, 5.74) is 5.71. The summed E-state index contributed by atoms with van der Waals surface area (Å²) in [6, 6.07) is 3.86. The highest BCUT2D eigenvalue weighted by molar-refractivity contribution is 7.98. The van der Waals surface area contributed by atoms with Crippen molar-refractivity contribution < 1.29 is 14.6 Å². The molecule has 0 unspecified atom stereocenters. The van der Waals surface area contributed by atoms with Gasteiger partial charge in [0.25, 0.3) is 0 Å². The van der Waals surface area contributed by atoms with Crippen LogP contribution >= 0.6 is 11.8 Å². The van der Waals surface area contributed by atoms with Crippen LogP contribution in [0, 0.1) is 0 Å². The number of thioether (sulfide) groups is 1. The van der Waals surface area contributed by atoms with E-state index in [4.69, 9.17) is 10.2 Å². The third-order valence-electron chi connectivity index (χ3n) is 2.76. The average Bonchev–Trinajstić information content (AvgIpc) is 2.84. The monoisotopic (exact) mass is 306 g/mol. The van der Waals surface area contributed by atoms with Crippen molar-refractivity contribution >= 4 is 28.7 Å². The summed E-state index contributed by atoms with van der Waals surface area (Å²) >= 11 is 1.27. The Morgan fingerprint density at radius 1 is 1.29 bits per heavy atom. The summed E-state index contributed by atoms with van der Waals surface area (Å²) in [7, 11) is 0. The van der Waals surface area contributed by atoms with Crippen LogP contribution in [0.5, 0.6) is 11.5 Å². The van der Waals surface area contributed by atoms with E-state index < -0.39 is 5.63 Å². The number of phenols is 2. The zero-order valence-corrected chi connectivity index (χ0v) is 11.3. The normalized spacial score (nSPS) is 11.0. The minimum Gasteiger partial charge on any atom is -0.504 e. The van der Waals surface area contributed by atoms with E-state index in [1.165, 1.54) is 30.0 Å². The molecule has 5 N–H and O–H groups in total. The molecule has 2 heterocycles. The fraction of sp³-hybridized carbons (Fsp3) is 0.0833. The zero-order chi connectivity index (χ0) is 15.0. The van der Waals surface area contributed by atoms with Crippen molar-refractivity contribution in [1.82, 2.24) is 15.2 Å². The van der Waals surface area contributed by atoms with Crippen molar-refractivity contribution in [1.29, 1.82) is 0 Å². The van der Waals surface area contributed by atoms with Crippen LogP contribution < -0.4 is 11.4 Å². The summed E-state index contributed by atoms with van der Waals surface area (Å²) in [6.07, 6.45) is 0. The second-order valence-corrected chi connectivity index (χ2v) is 5.16. The van der Waals surface area contributed by atoms with Gasteiger partial charge < -0.3 is 20.4 Å². The fourth-order valence-electron chi connectivity index (χ4n) is 1.84. The van der Waals surface area contributed by atoms with Crippen LogP contribution in [0.15, 0.2) is 32.6 Å². The SMILES string of the molecule is Nc1nc(SCc2cc(=O)oc3cc(O)c(O)cc23)n[nH]1. The van der Waals surface area contributed by atoms with Gasteiger partial charge in [-0.3, -0.25) is 0 Å². The van der Waals surface area contributed by atoms with Gasteiger partial charge in [-0.25, -0.2) is 9.89 Å². The van der Waals surface area contributed by atoms with Crippen LogP contribution in [0.3, 0.4) is 0 Å². The molecule has 0 bridgehead atoms. The number of nitrogens with one attached hydrogen (secondary N) is 1. The minimum atomic E-state index is -0.544. The summed E-state index contributed by atoms with van der Waals surface area (Å²) in [5, 5.41) is 26.4. The van der Waals surface area contributed by atoms with Gasteiger partial charge in [0.15, 0.2) is 11.5 Å². The molecule has 0 aliphatic rings. The number of H-pyrrole nitrogens is 1. The smallest absolute Gasteiger partial charge is 0.336 e. The first-order valence-corrected chi connectivity index (χ1v) is 6.81. The Morgan fingerprint density at radius 2 is 2.05 bits per heavy atom. The summed E-state index contributed by atoms with van der Waals surface area (Å²) in [4.78, 5) is 15.5. The predicted octanol–water partition coefficient (Wildman–Crippen LogP) is 1.20. The first-order valence-electron chi connectivity index (χ1n) is 5.82. The van der Waals surface area contributed by atoms with E-state index in [0.29, 0.717) is 21.9 Å². The molecule has 3 rings (SSSR count). The Labute approximate surface area is 121 Å². The highest BCUT2D eigenvalue weighted by Crippen LogP contribution is 2.32. The molecule has 2 aromatic heterocycles. The van der Waals surface area contributed by atoms with E-state index in [9.17, 15) is 15.0 Å². The first kappa shape index (κ1) is 13.3. The van der Waals surface area contributed by atoms with Gasteiger partial charge in [0.2, 0.25) is 11.1 Å². The van der Waals surface area contributed by atoms with Gasteiger partial charge in [0.1, 0.15) is 5.58 Å². The van der Waals surface area contributed by atoms with E-state index in [0.717, 1.165) is 0 Å². The van der Waals surface area contributed by atoms with Gasteiger partial charge in [-0.2, -0.15) is 4.98 Å². The molecular formula is C12H10N4O4S. The Balaban J connectivity index is 2.00. The molecule has 0 saturated heterocycles. The van der Waals surface area contributed by atoms with Crippen LogP contribution in [-0.2, 0) is 5.75 Å². The number of anilines is 1. The van der Waals surface area contributed by atoms with E-state index in [2.05, 4.69) is 15.2 Å². The molecule has 0 amide bonds. The van der Waals surface area contributed by atoms with E-state index in [1.54, 1.807) is 0 Å². The second-order valence-electron chi connectivity index (χ2n) is 4.22. The molecule has 0 fully saturated rings. The summed E-state index contributed by atoms with van der Waals surface area (Å²) in [6.45, 7) is 0. The number of rotatable bonds is 3. The van der Waals surface area contributed by atoms with Gasteiger partial charge in [-0.1, -0.05) is 11.8 Å². The molecule has 0 spiro atoms. The lowest BCUT2D eigenvalue weighted by Crippen LogP contribution is -2.00. The zero-order valence-electron chi connectivity index (χ0n) is 10.5. The molecule has 3 aromatic rings. The summed E-state index contributed by atoms with van der Waals surface area (Å²) in [5.74, 6) is -0.0525. The number of nitrogens with two attached hydrogens (primary N) is 1.